The molecule has 1 aliphatic rings. The Morgan fingerprint density at radius 1 is 1.40 bits per heavy atom. The van der Waals surface area contributed by atoms with Crippen LogP contribution in [0.1, 0.15) is 23.6 Å². The second-order valence-corrected chi connectivity index (χ2v) is 4.15. The molecule has 4 nitrogen and oxygen atoms in total. The van der Waals surface area contributed by atoms with E-state index in [9.17, 15) is 0 Å². The maximum Gasteiger partial charge on any atom is 0.233 e. The van der Waals surface area contributed by atoms with Crippen LogP contribution < -0.4 is 5.32 Å². The molecule has 1 fully saturated rings. The van der Waals surface area contributed by atoms with Crippen molar-refractivity contribution in [1.82, 2.24) is 19.7 Å². The summed E-state index contributed by atoms with van der Waals surface area (Å²) in [6.07, 6.45) is 7.20. The summed E-state index contributed by atoms with van der Waals surface area (Å²) >= 11 is 0. The molecule has 1 atom stereocenters. The Morgan fingerprint density at radius 2 is 2.27 bits per heavy atom. The third-order valence-corrected chi connectivity index (χ3v) is 3.10. The van der Waals surface area contributed by atoms with Gasteiger partial charge in [0, 0.05) is 30.6 Å². The first-order valence-corrected chi connectivity index (χ1v) is 5.35. The monoisotopic (exact) mass is 202 g/mol. The van der Waals surface area contributed by atoms with Crippen molar-refractivity contribution >= 4 is 5.78 Å². The van der Waals surface area contributed by atoms with Gasteiger partial charge in [-0.1, -0.05) is 0 Å². The molecule has 0 radical (unpaired) electrons. The molecule has 1 unspecified atom stereocenters. The molecule has 2 aromatic rings. The third kappa shape index (κ3) is 1.41. The van der Waals surface area contributed by atoms with Crippen LogP contribution in [0.3, 0.4) is 0 Å². The van der Waals surface area contributed by atoms with Crippen LogP contribution in [0.25, 0.3) is 5.78 Å². The van der Waals surface area contributed by atoms with Crippen molar-refractivity contribution in [3.63, 3.8) is 0 Å². The second kappa shape index (κ2) is 3.31. The first kappa shape index (κ1) is 8.85. The summed E-state index contributed by atoms with van der Waals surface area (Å²) in [5, 5.41) is 3.37. The first-order chi connectivity index (χ1) is 7.34. The van der Waals surface area contributed by atoms with E-state index in [0.717, 1.165) is 24.6 Å². The van der Waals surface area contributed by atoms with Crippen LogP contribution in [-0.4, -0.2) is 27.5 Å². The molecule has 0 bridgehead atoms. The highest BCUT2D eigenvalue weighted by Crippen LogP contribution is 2.21. The van der Waals surface area contributed by atoms with Crippen LogP contribution >= 0.6 is 0 Å². The largest absolute Gasteiger partial charge is 0.316 e. The van der Waals surface area contributed by atoms with Gasteiger partial charge in [0.15, 0.2) is 0 Å². The molecule has 0 aromatic carbocycles. The van der Waals surface area contributed by atoms with Crippen LogP contribution in [0, 0.1) is 6.92 Å². The number of imidazole rings is 1. The average molecular weight is 202 g/mol. The van der Waals surface area contributed by atoms with E-state index in [0.29, 0.717) is 5.92 Å². The number of hydrogen-bond donors (Lipinski definition) is 1. The van der Waals surface area contributed by atoms with Gasteiger partial charge in [0.2, 0.25) is 5.78 Å². The topological polar surface area (TPSA) is 42.2 Å². The van der Waals surface area contributed by atoms with Gasteiger partial charge in [-0.2, -0.15) is 0 Å². The van der Waals surface area contributed by atoms with Gasteiger partial charge in [-0.3, -0.25) is 4.40 Å². The van der Waals surface area contributed by atoms with Crippen LogP contribution in [0.4, 0.5) is 0 Å². The maximum absolute atomic E-state index is 4.37. The van der Waals surface area contributed by atoms with E-state index >= 15 is 0 Å². The lowest BCUT2D eigenvalue weighted by atomic mass is 10.0. The normalized spacial score (nSPS) is 21.3. The molecule has 3 rings (SSSR count). The zero-order valence-corrected chi connectivity index (χ0v) is 8.77. The smallest absolute Gasteiger partial charge is 0.233 e. The zero-order chi connectivity index (χ0) is 10.3. The third-order valence-electron chi connectivity index (χ3n) is 3.10. The van der Waals surface area contributed by atoms with Gasteiger partial charge < -0.3 is 5.32 Å². The number of fused-ring (bicyclic) bond motifs is 1. The lowest BCUT2D eigenvalue weighted by Gasteiger charge is -2.08. The molecule has 1 N–H and O–H groups in total. The molecule has 0 spiro atoms. The number of nitrogens with zero attached hydrogens (tertiary/aromatic N) is 3. The molecule has 0 saturated carbocycles. The molecular weight excluding hydrogens is 188 g/mol. The van der Waals surface area contributed by atoms with E-state index in [1.165, 1.54) is 12.0 Å². The Hall–Kier alpha value is -1.42. The number of rotatable bonds is 1. The summed E-state index contributed by atoms with van der Waals surface area (Å²) in [5.74, 6) is 1.41. The Labute approximate surface area is 88.4 Å². The van der Waals surface area contributed by atoms with E-state index in [1.54, 1.807) is 0 Å². The summed E-state index contributed by atoms with van der Waals surface area (Å²) in [6, 6.07) is 0. The van der Waals surface area contributed by atoms with Gasteiger partial charge in [0.25, 0.3) is 0 Å². The van der Waals surface area contributed by atoms with Crippen molar-refractivity contribution in [2.24, 2.45) is 0 Å². The predicted octanol–water partition coefficient (Wildman–Crippen LogP) is 1.11. The lowest BCUT2D eigenvalue weighted by Crippen LogP contribution is -2.08. The molecule has 1 aliphatic heterocycles. The van der Waals surface area contributed by atoms with E-state index in [1.807, 2.05) is 12.4 Å². The van der Waals surface area contributed by atoms with Crippen LogP contribution in [0.2, 0.25) is 0 Å². The SMILES string of the molecule is Cc1cnc2ncc(C3CCNC3)cn12. The molecule has 0 aliphatic carbocycles. The average Bonchev–Trinajstić information content (AvgIpc) is 2.88. The van der Waals surface area contributed by atoms with Crippen molar-refractivity contribution in [2.75, 3.05) is 13.1 Å². The maximum atomic E-state index is 4.37. The summed E-state index contributed by atoms with van der Waals surface area (Å²) in [7, 11) is 0. The highest BCUT2D eigenvalue weighted by atomic mass is 15.1. The number of aromatic nitrogens is 3. The fraction of sp³-hybridized carbons (Fsp3) is 0.455. The van der Waals surface area contributed by atoms with Crippen molar-refractivity contribution < 1.29 is 0 Å². The van der Waals surface area contributed by atoms with Gasteiger partial charge in [-0.25, -0.2) is 9.97 Å². The van der Waals surface area contributed by atoms with Crippen molar-refractivity contribution in [3.8, 4) is 0 Å². The van der Waals surface area contributed by atoms with E-state index in [-0.39, 0.29) is 0 Å². The molecule has 3 heterocycles. The Balaban J connectivity index is 2.08. The highest BCUT2D eigenvalue weighted by Gasteiger charge is 2.17. The minimum atomic E-state index is 0.615. The summed E-state index contributed by atoms with van der Waals surface area (Å²) in [6.45, 7) is 4.24. The van der Waals surface area contributed by atoms with Gasteiger partial charge in [-0.05, 0) is 25.5 Å². The fourth-order valence-corrected chi connectivity index (χ4v) is 2.15. The fourth-order valence-electron chi connectivity index (χ4n) is 2.15. The Bertz CT molecular complexity index is 482. The van der Waals surface area contributed by atoms with E-state index in [4.69, 9.17) is 0 Å². The van der Waals surface area contributed by atoms with Gasteiger partial charge >= 0.3 is 0 Å². The Kier molecular flexibility index (Phi) is 1.95. The molecule has 15 heavy (non-hydrogen) atoms. The van der Waals surface area contributed by atoms with Crippen molar-refractivity contribution in [3.05, 3.63) is 29.8 Å². The van der Waals surface area contributed by atoms with Gasteiger partial charge in [-0.15, -0.1) is 0 Å². The van der Waals surface area contributed by atoms with Crippen LogP contribution in [0.15, 0.2) is 18.6 Å². The lowest BCUT2D eigenvalue weighted by molar-refractivity contribution is 0.749. The summed E-state index contributed by atoms with van der Waals surface area (Å²) in [5.41, 5.74) is 2.46. The minimum absolute atomic E-state index is 0.615. The van der Waals surface area contributed by atoms with Crippen molar-refractivity contribution in [1.29, 1.82) is 0 Å². The number of aryl methyl sites for hydroxylation is 1. The van der Waals surface area contributed by atoms with E-state index < -0.39 is 0 Å². The van der Waals surface area contributed by atoms with Gasteiger partial charge in [0.05, 0.1) is 6.20 Å². The van der Waals surface area contributed by atoms with Crippen LogP contribution in [-0.2, 0) is 0 Å². The molecule has 2 aromatic heterocycles. The first-order valence-electron chi connectivity index (χ1n) is 5.35. The van der Waals surface area contributed by atoms with Crippen molar-refractivity contribution in [2.45, 2.75) is 19.3 Å². The second-order valence-electron chi connectivity index (χ2n) is 4.15. The quantitative estimate of drug-likeness (QED) is 0.753. The van der Waals surface area contributed by atoms with Gasteiger partial charge in [0.1, 0.15) is 0 Å². The standard InChI is InChI=1S/C11H14N4/c1-8-4-13-11-14-6-10(7-15(8)11)9-2-3-12-5-9/h4,6-7,9,12H,2-3,5H2,1H3. The summed E-state index contributed by atoms with van der Waals surface area (Å²) < 4.78 is 2.06. The number of hydrogen-bond acceptors (Lipinski definition) is 3. The van der Waals surface area contributed by atoms with Crippen LogP contribution in [0.5, 0.6) is 0 Å². The zero-order valence-electron chi connectivity index (χ0n) is 8.77. The van der Waals surface area contributed by atoms with E-state index in [2.05, 4.69) is 32.8 Å². The predicted molar refractivity (Wildman–Crippen MR) is 58.0 cm³/mol. The molecule has 0 amide bonds. The molecule has 78 valence electrons. The Morgan fingerprint density at radius 3 is 3.07 bits per heavy atom. The summed E-state index contributed by atoms with van der Waals surface area (Å²) in [4.78, 5) is 8.59. The highest BCUT2D eigenvalue weighted by molar-refractivity contribution is 5.33. The number of nitrogens with one attached hydrogen (secondary N) is 1. The molecular formula is C11H14N4. The molecule has 4 heteroatoms. The minimum Gasteiger partial charge on any atom is -0.316 e. The molecule has 1 saturated heterocycles.